The summed E-state index contributed by atoms with van der Waals surface area (Å²) in [5, 5.41) is 6.83. The Morgan fingerprint density at radius 3 is 3.00 bits per heavy atom. The van der Waals surface area contributed by atoms with E-state index in [0.29, 0.717) is 12.5 Å². The summed E-state index contributed by atoms with van der Waals surface area (Å²) >= 11 is 0. The van der Waals surface area contributed by atoms with Crippen LogP contribution in [0.5, 0.6) is 0 Å². The van der Waals surface area contributed by atoms with Crippen molar-refractivity contribution in [2.75, 3.05) is 19.6 Å². The van der Waals surface area contributed by atoms with Crippen LogP contribution in [-0.2, 0) is 16.6 Å². The van der Waals surface area contributed by atoms with E-state index in [2.05, 4.69) is 15.1 Å². The predicted octanol–water partition coefficient (Wildman–Crippen LogP) is 0.426. The Morgan fingerprint density at radius 2 is 2.35 bits per heavy atom. The number of hydrogen-bond acceptors (Lipinski definition) is 4. The number of sulfonamides is 1. The molecule has 1 atom stereocenters. The predicted molar refractivity (Wildman–Crippen MR) is 69.0 cm³/mol. The van der Waals surface area contributed by atoms with E-state index >= 15 is 0 Å². The van der Waals surface area contributed by atoms with Crippen LogP contribution in [0.4, 0.5) is 8.78 Å². The maximum Gasteiger partial charge on any atom is 0.257 e. The van der Waals surface area contributed by atoms with Crippen LogP contribution < -0.4 is 10.0 Å². The topological polar surface area (TPSA) is 76.0 Å². The van der Waals surface area contributed by atoms with Crippen molar-refractivity contribution in [1.82, 2.24) is 19.8 Å². The molecule has 1 aromatic heterocycles. The van der Waals surface area contributed by atoms with Gasteiger partial charge in [0.2, 0.25) is 10.0 Å². The molecule has 9 heteroatoms. The van der Waals surface area contributed by atoms with Gasteiger partial charge in [0, 0.05) is 12.7 Å². The Hall–Kier alpha value is -1.06. The van der Waals surface area contributed by atoms with Gasteiger partial charge in [0.1, 0.15) is 11.4 Å². The molecule has 1 fully saturated rings. The molecule has 1 unspecified atom stereocenters. The van der Waals surface area contributed by atoms with Crippen LogP contribution >= 0.6 is 0 Å². The molecule has 0 saturated carbocycles. The summed E-state index contributed by atoms with van der Waals surface area (Å²) in [6, 6.07) is 0. The molecule has 2 heterocycles. The molecular formula is C11H18F2N4O2S. The normalized spacial score (nSPS) is 19.9. The van der Waals surface area contributed by atoms with Gasteiger partial charge in [-0.15, -0.1) is 0 Å². The average molecular weight is 308 g/mol. The SMILES string of the molecule is O=S(=O)(NCCC1CCNC1)c1cnn(CC(F)F)c1. The van der Waals surface area contributed by atoms with Gasteiger partial charge in [-0.3, -0.25) is 4.68 Å². The minimum absolute atomic E-state index is 0.0808. The Labute approximate surface area is 116 Å². The van der Waals surface area contributed by atoms with Crippen molar-refractivity contribution >= 4 is 10.0 Å². The van der Waals surface area contributed by atoms with E-state index in [1.807, 2.05) is 0 Å². The molecule has 6 nitrogen and oxygen atoms in total. The van der Waals surface area contributed by atoms with Crippen molar-refractivity contribution < 1.29 is 17.2 Å². The highest BCUT2D eigenvalue weighted by molar-refractivity contribution is 7.89. The van der Waals surface area contributed by atoms with Crippen molar-refractivity contribution in [1.29, 1.82) is 0 Å². The first-order valence-corrected chi connectivity index (χ1v) is 7.96. The van der Waals surface area contributed by atoms with Crippen LogP contribution in [-0.4, -0.2) is 44.3 Å². The molecule has 2 rings (SSSR count). The molecule has 0 bridgehead atoms. The zero-order chi connectivity index (χ0) is 14.6. The minimum atomic E-state index is -3.67. The van der Waals surface area contributed by atoms with E-state index in [1.165, 1.54) is 0 Å². The smallest absolute Gasteiger partial charge is 0.257 e. The molecule has 1 aliphatic rings. The molecule has 1 saturated heterocycles. The summed E-state index contributed by atoms with van der Waals surface area (Å²) in [6.07, 6.45) is 1.45. The fourth-order valence-electron chi connectivity index (χ4n) is 2.17. The first-order valence-electron chi connectivity index (χ1n) is 6.48. The van der Waals surface area contributed by atoms with E-state index in [4.69, 9.17) is 0 Å². The van der Waals surface area contributed by atoms with Gasteiger partial charge in [-0.25, -0.2) is 21.9 Å². The molecule has 0 amide bonds. The van der Waals surface area contributed by atoms with Gasteiger partial charge in [-0.2, -0.15) is 5.10 Å². The summed E-state index contributed by atoms with van der Waals surface area (Å²) in [6.45, 7) is 1.61. The number of halogens is 2. The van der Waals surface area contributed by atoms with E-state index < -0.39 is 23.0 Å². The second-order valence-electron chi connectivity index (χ2n) is 4.83. The number of nitrogens with one attached hydrogen (secondary N) is 2. The van der Waals surface area contributed by atoms with Crippen LogP contribution in [0.15, 0.2) is 17.3 Å². The highest BCUT2D eigenvalue weighted by atomic mass is 32.2. The highest BCUT2D eigenvalue weighted by Crippen LogP contribution is 2.12. The van der Waals surface area contributed by atoms with Crippen LogP contribution in [0.25, 0.3) is 0 Å². The second kappa shape index (κ2) is 6.59. The Balaban J connectivity index is 1.87. The van der Waals surface area contributed by atoms with Crippen LogP contribution in [0.1, 0.15) is 12.8 Å². The molecule has 0 aliphatic carbocycles. The molecule has 0 spiro atoms. The Morgan fingerprint density at radius 1 is 1.55 bits per heavy atom. The van der Waals surface area contributed by atoms with Gasteiger partial charge in [0.15, 0.2) is 0 Å². The first-order chi connectivity index (χ1) is 9.47. The number of aromatic nitrogens is 2. The fraction of sp³-hybridized carbons (Fsp3) is 0.727. The number of rotatable bonds is 7. The molecule has 2 N–H and O–H groups in total. The molecule has 1 aliphatic heterocycles. The van der Waals surface area contributed by atoms with Crippen molar-refractivity contribution in [2.45, 2.75) is 30.7 Å². The standard InChI is InChI=1S/C11H18F2N4O2S/c12-11(13)8-17-7-10(6-15-17)20(18,19)16-4-2-9-1-3-14-5-9/h6-7,9,11,14,16H,1-5,8H2. The summed E-state index contributed by atoms with van der Waals surface area (Å²) < 4.78 is 51.6. The largest absolute Gasteiger partial charge is 0.316 e. The molecule has 1 aromatic rings. The lowest BCUT2D eigenvalue weighted by atomic mass is 10.1. The highest BCUT2D eigenvalue weighted by Gasteiger charge is 2.19. The molecule has 20 heavy (non-hydrogen) atoms. The quantitative estimate of drug-likeness (QED) is 0.766. The monoisotopic (exact) mass is 308 g/mol. The molecule has 114 valence electrons. The lowest BCUT2D eigenvalue weighted by molar-refractivity contribution is 0.121. The lowest BCUT2D eigenvalue weighted by Crippen LogP contribution is -2.26. The second-order valence-corrected chi connectivity index (χ2v) is 6.60. The van der Waals surface area contributed by atoms with Gasteiger partial charge in [-0.1, -0.05) is 0 Å². The summed E-state index contributed by atoms with van der Waals surface area (Å²) in [7, 11) is -3.67. The Bertz CT molecular complexity index is 526. The van der Waals surface area contributed by atoms with E-state index in [0.717, 1.165) is 43.0 Å². The number of nitrogens with zero attached hydrogens (tertiary/aromatic N) is 2. The van der Waals surface area contributed by atoms with Gasteiger partial charge >= 0.3 is 0 Å². The van der Waals surface area contributed by atoms with E-state index in [-0.39, 0.29) is 4.90 Å². The molecule has 0 aromatic carbocycles. The third kappa shape index (κ3) is 4.22. The maximum atomic E-state index is 12.2. The molecular weight excluding hydrogens is 290 g/mol. The number of hydrogen-bond donors (Lipinski definition) is 2. The average Bonchev–Trinajstić information content (AvgIpc) is 2.99. The van der Waals surface area contributed by atoms with Crippen molar-refractivity contribution in [3.63, 3.8) is 0 Å². The van der Waals surface area contributed by atoms with Gasteiger partial charge < -0.3 is 5.32 Å². The van der Waals surface area contributed by atoms with Crippen LogP contribution in [0.2, 0.25) is 0 Å². The first kappa shape index (κ1) is 15.3. The summed E-state index contributed by atoms with van der Waals surface area (Å²) in [5.74, 6) is 0.485. The zero-order valence-corrected chi connectivity index (χ0v) is 11.7. The van der Waals surface area contributed by atoms with E-state index in [1.54, 1.807) is 0 Å². The van der Waals surface area contributed by atoms with E-state index in [9.17, 15) is 17.2 Å². The number of alkyl halides is 2. The van der Waals surface area contributed by atoms with Gasteiger partial charge in [-0.05, 0) is 31.8 Å². The lowest BCUT2D eigenvalue weighted by Gasteiger charge is -2.08. The van der Waals surface area contributed by atoms with Gasteiger partial charge in [0.25, 0.3) is 6.43 Å². The molecule has 0 radical (unpaired) electrons. The van der Waals surface area contributed by atoms with Crippen LogP contribution in [0, 0.1) is 5.92 Å². The van der Waals surface area contributed by atoms with Crippen molar-refractivity contribution in [3.8, 4) is 0 Å². The summed E-state index contributed by atoms with van der Waals surface area (Å²) in [4.78, 5) is -0.0808. The van der Waals surface area contributed by atoms with Gasteiger partial charge in [0.05, 0.1) is 6.20 Å². The minimum Gasteiger partial charge on any atom is -0.316 e. The van der Waals surface area contributed by atoms with Crippen LogP contribution in [0.3, 0.4) is 0 Å². The zero-order valence-electron chi connectivity index (χ0n) is 10.9. The fourth-order valence-corrected chi connectivity index (χ4v) is 3.17. The maximum absolute atomic E-state index is 12.2. The van der Waals surface area contributed by atoms with Crippen molar-refractivity contribution in [3.05, 3.63) is 12.4 Å². The Kier molecular flexibility index (Phi) is 5.06. The summed E-state index contributed by atoms with van der Waals surface area (Å²) in [5.41, 5.74) is 0. The van der Waals surface area contributed by atoms with Crippen molar-refractivity contribution in [2.24, 2.45) is 5.92 Å². The third-order valence-corrected chi connectivity index (χ3v) is 4.67. The third-order valence-electron chi connectivity index (χ3n) is 3.25.